The van der Waals surface area contributed by atoms with E-state index in [4.69, 9.17) is 4.74 Å². The molecule has 0 saturated carbocycles. The highest BCUT2D eigenvalue weighted by atomic mass is 16.5. The number of hydrogen-bond acceptors (Lipinski definition) is 4. The number of benzene rings is 2. The minimum Gasteiger partial charge on any atom is -0.489 e. The summed E-state index contributed by atoms with van der Waals surface area (Å²) in [5.74, 6) is -0.245. The lowest BCUT2D eigenvalue weighted by Gasteiger charge is -2.08. The zero-order valence-electron chi connectivity index (χ0n) is 12.3. The van der Waals surface area contributed by atoms with Crippen LogP contribution in [0.3, 0.4) is 0 Å². The van der Waals surface area contributed by atoms with Gasteiger partial charge in [-0.05, 0) is 24.3 Å². The highest BCUT2D eigenvalue weighted by Crippen LogP contribution is 2.23. The van der Waals surface area contributed by atoms with Crippen LogP contribution in [0.25, 0.3) is 0 Å². The zero-order chi connectivity index (χ0) is 16.2. The number of fused-ring (bicyclic) bond motifs is 1. The largest absolute Gasteiger partial charge is 0.489 e. The summed E-state index contributed by atoms with van der Waals surface area (Å²) in [4.78, 5) is 24.5. The van der Waals surface area contributed by atoms with Crippen LogP contribution in [-0.4, -0.2) is 29.6 Å². The Hall–Kier alpha value is -3.21. The molecule has 0 aliphatic carbocycles. The summed E-state index contributed by atoms with van der Waals surface area (Å²) in [6.07, 6.45) is 3.08. The van der Waals surface area contributed by atoms with Crippen LogP contribution in [0.15, 0.2) is 66.3 Å². The van der Waals surface area contributed by atoms with Crippen LogP contribution in [0.5, 0.6) is 5.75 Å². The molecule has 0 saturated heterocycles. The lowest BCUT2D eigenvalue weighted by molar-refractivity contribution is 0.0660. The number of nitrogens with zero attached hydrogens (tertiary/aromatic N) is 2. The first kappa shape index (κ1) is 14.7. The van der Waals surface area contributed by atoms with Crippen LogP contribution < -0.4 is 4.74 Å². The molecule has 1 aliphatic rings. The lowest BCUT2D eigenvalue weighted by Crippen LogP contribution is -2.24. The quantitative estimate of drug-likeness (QED) is 0.485. The van der Waals surface area contributed by atoms with Crippen molar-refractivity contribution in [1.82, 2.24) is 5.01 Å². The summed E-state index contributed by atoms with van der Waals surface area (Å²) in [6.45, 7) is 3.96. The van der Waals surface area contributed by atoms with Crippen molar-refractivity contribution >= 4 is 18.0 Å². The van der Waals surface area contributed by atoms with Crippen LogP contribution >= 0.6 is 0 Å². The van der Waals surface area contributed by atoms with E-state index in [9.17, 15) is 9.59 Å². The number of carbonyl (C=O) groups excluding carboxylic acids is 2. The molecular formula is C18H14N2O3. The van der Waals surface area contributed by atoms with E-state index in [1.54, 1.807) is 42.5 Å². The number of rotatable bonds is 5. The molecule has 0 spiro atoms. The van der Waals surface area contributed by atoms with Gasteiger partial charge < -0.3 is 4.74 Å². The second-order valence-corrected chi connectivity index (χ2v) is 4.85. The van der Waals surface area contributed by atoms with Crippen molar-refractivity contribution < 1.29 is 14.3 Å². The summed E-state index contributed by atoms with van der Waals surface area (Å²) < 4.78 is 5.52. The SMILES string of the molecule is C=CCOc1ccccc1/C=N\N1C(=O)c2ccccc2C1=O. The zero-order valence-corrected chi connectivity index (χ0v) is 12.3. The van der Waals surface area contributed by atoms with Gasteiger partial charge in [0, 0.05) is 5.56 Å². The lowest BCUT2D eigenvalue weighted by atomic mass is 10.1. The molecule has 0 fully saturated rings. The molecule has 1 heterocycles. The summed E-state index contributed by atoms with van der Waals surface area (Å²) in [6, 6.07) is 13.9. The molecule has 23 heavy (non-hydrogen) atoms. The predicted octanol–water partition coefficient (Wildman–Crippen LogP) is 2.88. The molecule has 0 radical (unpaired) electrons. The monoisotopic (exact) mass is 306 g/mol. The van der Waals surface area contributed by atoms with Crippen molar-refractivity contribution in [2.75, 3.05) is 6.61 Å². The van der Waals surface area contributed by atoms with Gasteiger partial charge in [0.1, 0.15) is 12.4 Å². The third-order valence-electron chi connectivity index (χ3n) is 3.36. The maximum Gasteiger partial charge on any atom is 0.282 e. The Bertz CT molecular complexity index is 776. The van der Waals surface area contributed by atoms with E-state index >= 15 is 0 Å². The molecule has 0 aromatic heterocycles. The maximum atomic E-state index is 12.2. The average Bonchev–Trinajstić information content (AvgIpc) is 2.83. The second kappa shape index (κ2) is 6.27. The van der Waals surface area contributed by atoms with Crippen molar-refractivity contribution in [2.24, 2.45) is 5.10 Å². The summed E-state index contributed by atoms with van der Waals surface area (Å²) >= 11 is 0. The number of para-hydroxylation sites is 1. The third kappa shape index (κ3) is 2.76. The van der Waals surface area contributed by atoms with Gasteiger partial charge >= 0.3 is 0 Å². The summed E-state index contributed by atoms with van der Waals surface area (Å²) in [5, 5.41) is 4.91. The highest BCUT2D eigenvalue weighted by molar-refractivity contribution is 6.21. The molecule has 114 valence electrons. The first-order valence-electron chi connectivity index (χ1n) is 7.07. The molecule has 1 aliphatic heterocycles. The Morgan fingerprint density at radius 2 is 1.61 bits per heavy atom. The van der Waals surface area contributed by atoms with Gasteiger partial charge in [-0.1, -0.05) is 36.9 Å². The van der Waals surface area contributed by atoms with Crippen molar-refractivity contribution in [3.8, 4) is 5.75 Å². The van der Waals surface area contributed by atoms with E-state index in [0.717, 1.165) is 5.01 Å². The molecule has 0 N–H and O–H groups in total. The van der Waals surface area contributed by atoms with Crippen molar-refractivity contribution in [1.29, 1.82) is 0 Å². The minimum absolute atomic E-state index is 0.359. The van der Waals surface area contributed by atoms with Crippen LogP contribution in [0.1, 0.15) is 26.3 Å². The Labute approximate surface area is 133 Å². The van der Waals surface area contributed by atoms with Crippen molar-refractivity contribution in [2.45, 2.75) is 0 Å². The van der Waals surface area contributed by atoms with Gasteiger partial charge in [0.2, 0.25) is 0 Å². The van der Waals surface area contributed by atoms with Gasteiger partial charge in [0.25, 0.3) is 11.8 Å². The number of amides is 2. The maximum absolute atomic E-state index is 12.2. The molecule has 0 atom stereocenters. The van der Waals surface area contributed by atoms with E-state index in [1.165, 1.54) is 6.21 Å². The van der Waals surface area contributed by atoms with Gasteiger partial charge in [0.15, 0.2) is 0 Å². The van der Waals surface area contributed by atoms with E-state index in [-0.39, 0.29) is 0 Å². The first-order valence-corrected chi connectivity index (χ1v) is 7.07. The van der Waals surface area contributed by atoms with Gasteiger partial charge in [-0.2, -0.15) is 10.1 Å². The fraction of sp³-hybridized carbons (Fsp3) is 0.0556. The highest BCUT2D eigenvalue weighted by Gasteiger charge is 2.35. The Morgan fingerprint density at radius 3 is 2.26 bits per heavy atom. The molecule has 0 bridgehead atoms. The molecule has 0 unspecified atom stereocenters. The number of hydrogen-bond donors (Lipinski definition) is 0. The van der Waals surface area contributed by atoms with E-state index in [0.29, 0.717) is 29.0 Å². The van der Waals surface area contributed by atoms with Gasteiger partial charge in [-0.3, -0.25) is 9.59 Å². The fourth-order valence-electron chi connectivity index (χ4n) is 2.27. The van der Waals surface area contributed by atoms with Gasteiger partial charge in [-0.15, -0.1) is 0 Å². The number of carbonyl (C=O) groups is 2. The number of ether oxygens (including phenoxy) is 1. The second-order valence-electron chi connectivity index (χ2n) is 4.85. The normalized spacial score (nSPS) is 13.5. The standard InChI is InChI=1S/C18H14N2O3/c1-2-11-23-16-10-6-3-7-13(16)12-19-20-17(21)14-8-4-5-9-15(14)18(20)22/h2-10,12H,1,11H2/b19-12-. The smallest absolute Gasteiger partial charge is 0.282 e. The van der Waals surface area contributed by atoms with E-state index in [1.807, 2.05) is 12.1 Å². The molecule has 5 heteroatoms. The van der Waals surface area contributed by atoms with Crippen LogP contribution in [-0.2, 0) is 0 Å². The molecule has 3 rings (SSSR count). The van der Waals surface area contributed by atoms with Crippen LogP contribution in [0, 0.1) is 0 Å². The van der Waals surface area contributed by atoms with E-state index in [2.05, 4.69) is 11.7 Å². The Kier molecular flexibility index (Phi) is 4.01. The van der Waals surface area contributed by atoms with Gasteiger partial charge in [-0.25, -0.2) is 0 Å². The molecule has 2 aromatic carbocycles. The number of imide groups is 1. The molecule has 2 aromatic rings. The third-order valence-corrected chi connectivity index (χ3v) is 3.36. The summed E-state index contributed by atoms with van der Waals surface area (Å²) in [5.41, 5.74) is 1.41. The summed E-state index contributed by atoms with van der Waals surface area (Å²) in [7, 11) is 0. The van der Waals surface area contributed by atoms with Crippen molar-refractivity contribution in [3.05, 3.63) is 77.9 Å². The van der Waals surface area contributed by atoms with Gasteiger partial charge in [0.05, 0.1) is 17.3 Å². The average molecular weight is 306 g/mol. The number of hydrazone groups is 1. The Balaban J connectivity index is 1.86. The first-order chi connectivity index (χ1) is 11.2. The van der Waals surface area contributed by atoms with Crippen LogP contribution in [0.4, 0.5) is 0 Å². The van der Waals surface area contributed by atoms with Crippen LogP contribution in [0.2, 0.25) is 0 Å². The molecule has 2 amide bonds. The van der Waals surface area contributed by atoms with E-state index < -0.39 is 11.8 Å². The molecule has 5 nitrogen and oxygen atoms in total. The van der Waals surface area contributed by atoms with Crippen molar-refractivity contribution in [3.63, 3.8) is 0 Å². The molecular weight excluding hydrogens is 292 g/mol. The topological polar surface area (TPSA) is 59.0 Å². The Morgan fingerprint density at radius 1 is 1.00 bits per heavy atom. The minimum atomic E-state index is -0.425. The predicted molar refractivity (Wildman–Crippen MR) is 86.7 cm³/mol. The fourth-order valence-corrected chi connectivity index (χ4v) is 2.27.